The summed E-state index contributed by atoms with van der Waals surface area (Å²) >= 11 is 0. The Kier molecular flexibility index (Phi) is 4.07. The lowest BCUT2D eigenvalue weighted by Gasteiger charge is -2.16. The van der Waals surface area contributed by atoms with Crippen LogP contribution in [0.25, 0.3) is 0 Å². The highest BCUT2D eigenvalue weighted by Gasteiger charge is 2.26. The largest absolute Gasteiger partial charge is 0.398 e. The second kappa shape index (κ2) is 5.44. The van der Waals surface area contributed by atoms with E-state index < -0.39 is 15.8 Å². The molecule has 0 unspecified atom stereocenters. The molecule has 0 saturated heterocycles. The summed E-state index contributed by atoms with van der Waals surface area (Å²) in [6, 6.07) is 3.85. The molecule has 0 amide bonds. The van der Waals surface area contributed by atoms with E-state index in [9.17, 15) is 12.8 Å². The van der Waals surface area contributed by atoms with E-state index in [2.05, 4.69) is 9.62 Å². The third-order valence-electron chi connectivity index (χ3n) is 3.19. The van der Waals surface area contributed by atoms with Crippen molar-refractivity contribution in [3.63, 3.8) is 0 Å². The van der Waals surface area contributed by atoms with Crippen LogP contribution in [0.4, 0.5) is 10.1 Å². The molecule has 19 heavy (non-hydrogen) atoms. The summed E-state index contributed by atoms with van der Waals surface area (Å²) in [4.78, 5) is 2.04. The number of rotatable bonds is 6. The van der Waals surface area contributed by atoms with Crippen LogP contribution in [0.3, 0.4) is 0 Å². The Balaban J connectivity index is 1.97. The average molecular weight is 287 g/mol. The van der Waals surface area contributed by atoms with Gasteiger partial charge in [-0.05, 0) is 38.1 Å². The fourth-order valence-corrected chi connectivity index (χ4v) is 3.03. The quantitative estimate of drug-likeness (QED) is 0.758. The molecule has 0 spiro atoms. The van der Waals surface area contributed by atoms with Gasteiger partial charge in [0.25, 0.3) is 0 Å². The second-order valence-corrected chi connectivity index (χ2v) is 6.53. The minimum absolute atomic E-state index is 0.0805. The lowest BCUT2D eigenvalue weighted by atomic mass is 10.3. The normalized spacial score (nSPS) is 15.9. The van der Waals surface area contributed by atoms with Crippen LogP contribution < -0.4 is 10.5 Å². The van der Waals surface area contributed by atoms with E-state index in [1.807, 2.05) is 7.05 Å². The summed E-state index contributed by atoms with van der Waals surface area (Å²) in [7, 11) is -1.71. The first-order valence-electron chi connectivity index (χ1n) is 6.15. The van der Waals surface area contributed by atoms with E-state index in [4.69, 9.17) is 5.73 Å². The van der Waals surface area contributed by atoms with E-state index in [1.54, 1.807) is 0 Å². The predicted molar refractivity (Wildman–Crippen MR) is 71.7 cm³/mol. The Morgan fingerprint density at radius 2 is 2.16 bits per heavy atom. The van der Waals surface area contributed by atoms with Crippen LogP contribution in [0.2, 0.25) is 0 Å². The smallest absolute Gasteiger partial charge is 0.242 e. The molecule has 2 rings (SSSR count). The Morgan fingerprint density at radius 1 is 1.47 bits per heavy atom. The third kappa shape index (κ3) is 3.65. The minimum Gasteiger partial charge on any atom is -0.398 e. The first-order chi connectivity index (χ1) is 8.90. The summed E-state index contributed by atoms with van der Waals surface area (Å²) in [6.45, 7) is 0.956. The predicted octanol–water partition coefficient (Wildman–Crippen LogP) is 0.780. The molecule has 0 bridgehead atoms. The van der Waals surface area contributed by atoms with Crippen molar-refractivity contribution in [2.24, 2.45) is 0 Å². The zero-order chi connectivity index (χ0) is 14.0. The maximum Gasteiger partial charge on any atom is 0.242 e. The molecule has 0 radical (unpaired) electrons. The lowest BCUT2D eigenvalue weighted by Crippen LogP contribution is -2.34. The SMILES string of the molecule is CN(CCNS(=O)(=O)c1ccc(F)cc1N)C1CC1. The Morgan fingerprint density at radius 3 is 2.74 bits per heavy atom. The molecule has 1 aliphatic carbocycles. The topological polar surface area (TPSA) is 75.4 Å². The van der Waals surface area contributed by atoms with Gasteiger partial charge in [-0.2, -0.15) is 0 Å². The highest BCUT2D eigenvalue weighted by Crippen LogP contribution is 2.24. The van der Waals surface area contributed by atoms with Gasteiger partial charge in [-0.15, -0.1) is 0 Å². The van der Waals surface area contributed by atoms with Gasteiger partial charge in [0, 0.05) is 19.1 Å². The van der Waals surface area contributed by atoms with Crippen molar-refractivity contribution in [2.75, 3.05) is 25.9 Å². The van der Waals surface area contributed by atoms with Crippen molar-refractivity contribution < 1.29 is 12.8 Å². The summed E-state index contributed by atoms with van der Waals surface area (Å²) in [5.41, 5.74) is 5.45. The maximum absolute atomic E-state index is 12.9. The van der Waals surface area contributed by atoms with Crippen LogP contribution in [0.1, 0.15) is 12.8 Å². The number of nitrogens with one attached hydrogen (secondary N) is 1. The van der Waals surface area contributed by atoms with Gasteiger partial charge in [-0.25, -0.2) is 17.5 Å². The van der Waals surface area contributed by atoms with E-state index in [0.717, 1.165) is 12.1 Å². The third-order valence-corrected chi connectivity index (χ3v) is 4.72. The molecule has 1 fully saturated rings. The summed E-state index contributed by atoms with van der Waals surface area (Å²) in [5.74, 6) is -0.551. The average Bonchev–Trinajstić information content (AvgIpc) is 3.11. The molecule has 3 N–H and O–H groups in total. The van der Waals surface area contributed by atoms with E-state index in [-0.39, 0.29) is 10.6 Å². The maximum atomic E-state index is 12.9. The highest BCUT2D eigenvalue weighted by molar-refractivity contribution is 7.89. The molecule has 0 aromatic heterocycles. The molecule has 1 saturated carbocycles. The van der Waals surface area contributed by atoms with Gasteiger partial charge < -0.3 is 10.6 Å². The van der Waals surface area contributed by atoms with Crippen molar-refractivity contribution in [1.29, 1.82) is 0 Å². The zero-order valence-electron chi connectivity index (χ0n) is 10.8. The zero-order valence-corrected chi connectivity index (χ0v) is 11.6. The number of hydrogen-bond donors (Lipinski definition) is 2. The van der Waals surface area contributed by atoms with Crippen LogP contribution in [-0.4, -0.2) is 39.5 Å². The van der Waals surface area contributed by atoms with Gasteiger partial charge in [0.05, 0.1) is 5.69 Å². The Labute approximate surface area is 112 Å². The van der Waals surface area contributed by atoms with Crippen LogP contribution in [0.15, 0.2) is 23.1 Å². The molecule has 1 aromatic rings. The van der Waals surface area contributed by atoms with Crippen LogP contribution in [0, 0.1) is 5.82 Å². The number of anilines is 1. The first-order valence-corrected chi connectivity index (χ1v) is 7.63. The van der Waals surface area contributed by atoms with Crippen LogP contribution >= 0.6 is 0 Å². The number of hydrogen-bond acceptors (Lipinski definition) is 4. The van der Waals surface area contributed by atoms with Crippen LogP contribution in [0.5, 0.6) is 0 Å². The molecule has 0 atom stereocenters. The molecule has 0 aliphatic heterocycles. The number of nitrogen functional groups attached to an aromatic ring is 1. The molecule has 106 valence electrons. The van der Waals surface area contributed by atoms with Crippen molar-refractivity contribution in [3.8, 4) is 0 Å². The standard InChI is InChI=1S/C12H18FN3O2S/c1-16(10-3-4-10)7-6-15-19(17,18)12-5-2-9(13)8-11(12)14/h2,5,8,10,15H,3-4,6-7,14H2,1H3. The number of benzene rings is 1. The highest BCUT2D eigenvalue weighted by atomic mass is 32.2. The number of sulfonamides is 1. The van der Waals surface area contributed by atoms with Gasteiger partial charge in [-0.1, -0.05) is 0 Å². The van der Waals surface area contributed by atoms with Crippen molar-refractivity contribution in [2.45, 2.75) is 23.8 Å². The molecule has 0 heterocycles. The number of halogens is 1. The summed E-state index contributed by atoms with van der Waals surface area (Å²) < 4.78 is 39.4. The molecule has 5 nitrogen and oxygen atoms in total. The minimum atomic E-state index is -3.68. The summed E-state index contributed by atoms with van der Waals surface area (Å²) in [6.07, 6.45) is 2.35. The molecular weight excluding hydrogens is 269 g/mol. The molecule has 1 aliphatic rings. The Bertz CT molecular complexity index is 558. The molecular formula is C12H18FN3O2S. The Hall–Kier alpha value is -1.18. The van der Waals surface area contributed by atoms with E-state index in [0.29, 0.717) is 19.1 Å². The van der Waals surface area contributed by atoms with Gasteiger partial charge in [0.2, 0.25) is 10.0 Å². The van der Waals surface area contributed by atoms with Crippen molar-refractivity contribution in [3.05, 3.63) is 24.0 Å². The van der Waals surface area contributed by atoms with Crippen molar-refractivity contribution >= 4 is 15.7 Å². The van der Waals surface area contributed by atoms with Crippen LogP contribution in [-0.2, 0) is 10.0 Å². The monoisotopic (exact) mass is 287 g/mol. The van der Waals surface area contributed by atoms with E-state index in [1.165, 1.54) is 18.9 Å². The van der Waals surface area contributed by atoms with Gasteiger partial charge >= 0.3 is 0 Å². The van der Waals surface area contributed by atoms with Crippen molar-refractivity contribution in [1.82, 2.24) is 9.62 Å². The number of nitrogens with zero attached hydrogens (tertiary/aromatic N) is 1. The van der Waals surface area contributed by atoms with Gasteiger partial charge in [-0.3, -0.25) is 0 Å². The molecule has 7 heteroatoms. The first kappa shape index (κ1) is 14.2. The molecule has 1 aromatic carbocycles. The van der Waals surface area contributed by atoms with Gasteiger partial charge in [0.15, 0.2) is 0 Å². The second-order valence-electron chi connectivity index (χ2n) is 4.79. The van der Waals surface area contributed by atoms with E-state index >= 15 is 0 Å². The number of nitrogens with two attached hydrogens (primary N) is 1. The summed E-state index contributed by atoms with van der Waals surface area (Å²) in [5, 5.41) is 0. The number of likely N-dealkylation sites (N-methyl/N-ethyl adjacent to an activating group) is 1. The lowest BCUT2D eigenvalue weighted by molar-refractivity contribution is 0.329. The van der Waals surface area contributed by atoms with Gasteiger partial charge in [0.1, 0.15) is 10.7 Å². The fraction of sp³-hybridized carbons (Fsp3) is 0.500. The fourth-order valence-electron chi connectivity index (χ4n) is 1.90.